The zero-order valence-electron chi connectivity index (χ0n) is 15.3. The first-order valence-corrected chi connectivity index (χ1v) is 9.41. The molecule has 1 N–H and O–H groups in total. The van der Waals surface area contributed by atoms with Gasteiger partial charge in [-0.1, -0.05) is 19.9 Å². The minimum atomic E-state index is -0.751. The lowest BCUT2D eigenvalue weighted by Gasteiger charge is -2.33. The van der Waals surface area contributed by atoms with E-state index in [0.29, 0.717) is 13.0 Å². The van der Waals surface area contributed by atoms with Crippen LogP contribution in [0.25, 0.3) is 0 Å². The van der Waals surface area contributed by atoms with Gasteiger partial charge in [-0.25, -0.2) is 0 Å². The molecule has 1 fully saturated rings. The predicted molar refractivity (Wildman–Crippen MR) is 96.5 cm³/mol. The van der Waals surface area contributed by atoms with Crippen LogP contribution in [0.1, 0.15) is 50.7 Å². The number of phenolic OH excluding ortho intramolecular Hbond substituents is 1. The first kappa shape index (κ1) is 17.9. The van der Waals surface area contributed by atoms with Gasteiger partial charge in [-0.3, -0.25) is 14.5 Å². The van der Waals surface area contributed by atoms with E-state index < -0.39 is 5.41 Å². The highest BCUT2D eigenvalue weighted by Crippen LogP contribution is 2.46. The molecule has 1 spiro atoms. The molecule has 2 aliphatic rings. The van der Waals surface area contributed by atoms with Crippen LogP contribution < -0.4 is 0 Å². The summed E-state index contributed by atoms with van der Waals surface area (Å²) < 4.78 is 0. The number of aromatic hydroxyl groups is 1. The number of benzene rings is 1. The molecule has 0 radical (unpaired) electrons. The summed E-state index contributed by atoms with van der Waals surface area (Å²) in [6.07, 6.45) is 3.56. The van der Waals surface area contributed by atoms with Crippen LogP contribution in [0.2, 0.25) is 0 Å². The second kappa shape index (κ2) is 7.16. The molecule has 1 atom stereocenters. The molecule has 3 rings (SSSR count). The van der Waals surface area contributed by atoms with E-state index in [-0.39, 0.29) is 24.0 Å². The van der Waals surface area contributed by atoms with E-state index in [1.54, 1.807) is 12.1 Å². The summed E-state index contributed by atoms with van der Waals surface area (Å²) in [5, 5.41) is 9.89. The SMILES string of the molecule is CCN(CC)CCCN1C(=O)CC2(CCCc3ccc(O)cc32)C1=O. The lowest BCUT2D eigenvalue weighted by atomic mass is 9.69. The van der Waals surface area contributed by atoms with Crippen LogP contribution in [0.15, 0.2) is 18.2 Å². The van der Waals surface area contributed by atoms with Crippen molar-refractivity contribution in [1.29, 1.82) is 0 Å². The van der Waals surface area contributed by atoms with Gasteiger partial charge in [0.25, 0.3) is 0 Å². The van der Waals surface area contributed by atoms with Crippen molar-refractivity contribution in [2.24, 2.45) is 0 Å². The molecule has 1 aliphatic carbocycles. The van der Waals surface area contributed by atoms with E-state index in [1.807, 2.05) is 6.07 Å². The number of phenols is 1. The summed E-state index contributed by atoms with van der Waals surface area (Å²) >= 11 is 0. The Labute approximate surface area is 149 Å². The van der Waals surface area contributed by atoms with E-state index in [0.717, 1.165) is 50.0 Å². The zero-order chi connectivity index (χ0) is 18.0. The molecule has 1 aromatic carbocycles. The topological polar surface area (TPSA) is 60.9 Å². The van der Waals surface area contributed by atoms with Gasteiger partial charge in [-0.05, 0) is 68.6 Å². The highest BCUT2D eigenvalue weighted by Gasteiger charge is 2.53. The maximum atomic E-state index is 13.2. The van der Waals surface area contributed by atoms with Crippen molar-refractivity contribution in [2.75, 3.05) is 26.2 Å². The molecule has 25 heavy (non-hydrogen) atoms. The Balaban J connectivity index is 1.79. The van der Waals surface area contributed by atoms with Crippen molar-refractivity contribution in [3.8, 4) is 5.75 Å². The largest absolute Gasteiger partial charge is 0.508 e. The summed E-state index contributed by atoms with van der Waals surface area (Å²) in [6, 6.07) is 5.26. The number of likely N-dealkylation sites (tertiary alicyclic amines) is 1. The van der Waals surface area contributed by atoms with Crippen molar-refractivity contribution >= 4 is 11.8 Å². The number of amides is 2. The third-order valence-corrected chi connectivity index (χ3v) is 5.82. The number of hydrogen-bond donors (Lipinski definition) is 1. The monoisotopic (exact) mass is 344 g/mol. The molecule has 5 nitrogen and oxygen atoms in total. The fourth-order valence-electron chi connectivity index (χ4n) is 4.37. The van der Waals surface area contributed by atoms with E-state index in [9.17, 15) is 14.7 Å². The van der Waals surface area contributed by atoms with Crippen molar-refractivity contribution in [1.82, 2.24) is 9.80 Å². The number of rotatable bonds is 6. The fraction of sp³-hybridized carbons (Fsp3) is 0.600. The Morgan fingerprint density at radius 1 is 1.24 bits per heavy atom. The first-order valence-electron chi connectivity index (χ1n) is 9.41. The van der Waals surface area contributed by atoms with E-state index in [1.165, 1.54) is 4.90 Å². The molecule has 1 aromatic rings. The molecule has 0 bridgehead atoms. The highest BCUT2D eigenvalue weighted by molar-refractivity contribution is 6.09. The number of hydrogen-bond acceptors (Lipinski definition) is 4. The number of nitrogens with zero attached hydrogens (tertiary/aromatic N) is 2. The van der Waals surface area contributed by atoms with Gasteiger partial charge >= 0.3 is 0 Å². The standard InChI is InChI=1S/C20H28N2O3/c1-3-21(4-2)11-6-12-22-18(24)14-20(19(22)25)10-5-7-15-8-9-16(23)13-17(15)20/h8-9,13,23H,3-7,10-12,14H2,1-2H3. The maximum Gasteiger partial charge on any atom is 0.240 e. The minimum Gasteiger partial charge on any atom is -0.508 e. The number of fused-ring (bicyclic) bond motifs is 2. The Morgan fingerprint density at radius 2 is 2.00 bits per heavy atom. The molecule has 1 aliphatic heterocycles. The molecule has 136 valence electrons. The van der Waals surface area contributed by atoms with Crippen molar-refractivity contribution < 1.29 is 14.7 Å². The van der Waals surface area contributed by atoms with Gasteiger partial charge in [-0.2, -0.15) is 0 Å². The average Bonchev–Trinajstić information content (AvgIpc) is 2.84. The summed E-state index contributed by atoms with van der Waals surface area (Å²) in [6.45, 7) is 7.59. The van der Waals surface area contributed by atoms with Gasteiger partial charge in [0.2, 0.25) is 11.8 Å². The minimum absolute atomic E-state index is 0.0661. The number of carbonyl (C=O) groups is 2. The summed E-state index contributed by atoms with van der Waals surface area (Å²) in [5.41, 5.74) is 1.21. The second-order valence-corrected chi connectivity index (χ2v) is 7.18. The Hall–Kier alpha value is -1.88. The number of aryl methyl sites for hydroxylation is 1. The second-order valence-electron chi connectivity index (χ2n) is 7.18. The Bertz CT molecular complexity index is 669. The van der Waals surface area contributed by atoms with Crippen LogP contribution in [0.4, 0.5) is 0 Å². The van der Waals surface area contributed by atoms with Crippen LogP contribution in [-0.4, -0.2) is 52.9 Å². The Kier molecular flexibility index (Phi) is 5.13. The summed E-state index contributed by atoms with van der Waals surface area (Å²) in [4.78, 5) is 29.5. The molecule has 5 heteroatoms. The van der Waals surface area contributed by atoms with Gasteiger partial charge < -0.3 is 10.0 Å². The zero-order valence-corrected chi connectivity index (χ0v) is 15.3. The molecular formula is C20H28N2O3. The van der Waals surface area contributed by atoms with Gasteiger partial charge in [0, 0.05) is 13.0 Å². The molecule has 2 amide bonds. The lowest BCUT2D eigenvalue weighted by molar-refractivity contribution is -0.140. The quantitative estimate of drug-likeness (QED) is 0.805. The molecule has 1 saturated heterocycles. The van der Waals surface area contributed by atoms with E-state index in [4.69, 9.17) is 0 Å². The third kappa shape index (κ3) is 3.17. The maximum absolute atomic E-state index is 13.2. The van der Waals surface area contributed by atoms with Gasteiger partial charge in [-0.15, -0.1) is 0 Å². The van der Waals surface area contributed by atoms with Crippen molar-refractivity contribution in [3.05, 3.63) is 29.3 Å². The van der Waals surface area contributed by atoms with Crippen molar-refractivity contribution in [2.45, 2.75) is 51.4 Å². The molecule has 1 unspecified atom stereocenters. The van der Waals surface area contributed by atoms with Crippen LogP contribution in [0, 0.1) is 0 Å². The highest BCUT2D eigenvalue weighted by atomic mass is 16.3. The average molecular weight is 344 g/mol. The molecular weight excluding hydrogens is 316 g/mol. The van der Waals surface area contributed by atoms with Crippen LogP contribution >= 0.6 is 0 Å². The van der Waals surface area contributed by atoms with Gasteiger partial charge in [0.05, 0.1) is 5.41 Å². The van der Waals surface area contributed by atoms with Crippen LogP contribution in [0.5, 0.6) is 5.75 Å². The molecule has 0 aromatic heterocycles. The molecule has 0 saturated carbocycles. The normalized spacial score (nSPS) is 22.9. The van der Waals surface area contributed by atoms with Gasteiger partial charge in [0.15, 0.2) is 0 Å². The summed E-state index contributed by atoms with van der Waals surface area (Å²) in [7, 11) is 0. The molecule has 1 heterocycles. The fourth-order valence-corrected chi connectivity index (χ4v) is 4.37. The lowest BCUT2D eigenvalue weighted by Crippen LogP contribution is -2.41. The van der Waals surface area contributed by atoms with E-state index in [2.05, 4.69) is 18.7 Å². The van der Waals surface area contributed by atoms with Crippen molar-refractivity contribution in [3.63, 3.8) is 0 Å². The van der Waals surface area contributed by atoms with E-state index >= 15 is 0 Å². The van der Waals surface area contributed by atoms with Gasteiger partial charge in [0.1, 0.15) is 5.75 Å². The predicted octanol–water partition coefficient (Wildman–Crippen LogP) is 2.46. The van der Waals surface area contributed by atoms with Crippen LogP contribution in [0.3, 0.4) is 0 Å². The first-order chi connectivity index (χ1) is 12.0. The Morgan fingerprint density at radius 3 is 2.72 bits per heavy atom. The smallest absolute Gasteiger partial charge is 0.240 e. The third-order valence-electron chi connectivity index (χ3n) is 5.82. The van der Waals surface area contributed by atoms with Crippen LogP contribution in [-0.2, 0) is 21.4 Å². The summed E-state index contributed by atoms with van der Waals surface area (Å²) in [5.74, 6) is 0.0320. The number of imide groups is 1. The number of carbonyl (C=O) groups excluding carboxylic acids is 2.